The van der Waals surface area contributed by atoms with Crippen molar-refractivity contribution < 1.29 is 23.9 Å². The highest BCUT2D eigenvalue weighted by Crippen LogP contribution is 2.25. The van der Waals surface area contributed by atoms with Crippen LogP contribution in [0.4, 0.5) is 4.39 Å². The zero-order chi connectivity index (χ0) is 15.3. The topological polar surface area (TPSA) is 86.7 Å². The highest BCUT2D eigenvalue weighted by atomic mass is 19.1. The number of nitrogens with zero attached hydrogens (tertiary/aromatic N) is 1. The van der Waals surface area contributed by atoms with Crippen molar-refractivity contribution in [2.24, 2.45) is 5.92 Å². The second kappa shape index (κ2) is 6.67. The van der Waals surface area contributed by atoms with E-state index in [1.165, 1.54) is 0 Å². The molecule has 0 aromatic carbocycles. The van der Waals surface area contributed by atoms with Crippen LogP contribution in [-0.2, 0) is 14.4 Å². The third-order valence-electron chi connectivity index (χ3n) is 3.34. The van der Waals surface area contributed by atoms with Crippen LogP contribution in [0.15, 0.2) is 0 Å². The SMILES string of the molecule is CC(C)CCC(=O)NCC(=O)N1CCC(F)(C(=O)O)C1. The number of carboxylic acids is 1. The van der Waals surface area contributed by atoms with E-state index in [2.05, 4.69) is 5.32 Å². The van der Waals surface area contributed by atoms with Gasteiger partial charge in [-0.05, 0) is 12.3 Å². The lowest BCUT2D eigenvalue weighted by Gasteiger charge is -2.18. The molecule has 1 aliphatic heterocycles. The largest absolute Gasteiger partial charge is 0.479 e. The summed E-state index contributed by atoms with van der Waals surface area (Å²) in [5.74, 6) is -1.83. The van der Waals surface area contributed by atoms with Gasteiger partial charge in [-0.25, -0.2) is 9.18 Å². The maximum Gasteiger partial charge on any atom is 0.343 e. The van der Waals surface area contributed by atoms with Crippen molar-refractivity contribution in [2.45, 2.75) is 38.8 Å². The normalized spacial score (nSPS) is 22.1. The van der Waals surface area contributed by atoms with Gasteiger partial charge in [0.15, 0.2) is 0 Å². The number of hydrogen-bond acceptors (Lipinski definition) is 3. The Kier molecular flexibility index (Phi) is 5.47. The fourth-order valence-electron chi connectivity index (χ4n) is 1.95. The van der Waals surface area contributed by atoms with Gasteiger partial charge in [-0.1, -0.05) is 13.8 Å². The number of likely N-dealkylation sites (tertiary alicyclic amines) is 1. The van der Waals surface area contributed by atoms with Crippen molar-refractivity contribution in [2.75, 3.05) is 19.6 Å². The lowest BCUT2D eigenvalue weighted by Crippen LogP contribution is -2.42. The van der Waals surface area contributed by atoms with Crippen LogP contribution in [0.2, 0.25) is 0 Å². The number of aliphatic carboxylic acids is 1. The van der Waals surface area contributed by atoms with Crippen LogP contribution in [-0.4, -0.2) is 53.1 Å². The van der Waals surface area contributed by atoms with Gasteiger partial charge in [0, 0.05) is 19.4 Å². The molecule has 2 amide bonds. The molecule has 1 heterocycles. The van der Waals surface area contributed by atoms with Crippen LogP contribution < -0.4 is 5.32 Å². The molecule has 20 heavy (non-hydrogen) atoms. The number of carbonyl (C=O) groups is 3. The molecular formula is C13H21FN2O4. The average Bonchev–Trinajstić information content (AvgIpc) is 2.77. The molecule has 0 saturated carbocycles. The van der Waals surface area contributed by atoms with E-state index in [-0.39, 0.29) is 25.4 Å². The Morgan fingerprint density at radius 1 is 1.40 bits per heavy atom. The third kappa shape index (κ3) is 4.47. The summed E-state index contributed by atoms with van der Waals surface area (Å²) in [6.45, 7) is 3.38. The molecule has 1 fully saturated rings. The first-order valence-corrected chi connectivity index (χ1v) is 6.71. The summed E-state index contributed by atoms with van der Waals surface area (Å²) in [6.07, 6.45) is 0.860. The van der Waals surface area contributed by atoms with Gasteiger partial charge in [0.05, 0.1) is 13.1 Å². The molecule has 1 aliphatic rings. The monoisotopic (exact) mass is 288 g/mol. The van der Waals surface area contributed by atoms with Crippen LogP contribution in [0.5, 0.6) is 0 Å². The summed E-state index contributed by atoms with van der Waals surface area (Å²) >= 11 is 0. The van der Waals surface area contributed by atoms with Gasteiger partial charge in [0.1, 0.15) is 0 Å². The van der Waals surface area contributed by atoms with Crippen LogP contribution in [0.3, 0.4) is 0 Å². The van der Waals surface area contributed by atoms with E-state index in [1.807, 2.05) is 13.8 Å². The molecule has 0 radical (unpaired) electrons. The van der Waals surface area contributed by atoms with Crippen LogP contribution >= 0.6 is 0 Å². The van der Waals surface area contributed by atoms with Gasteiger partial charge in [-0.2, -0.15) is 0 Å². The van der Waals surface area contributed by atoms with E-state index in [4.69, 9.17) is 5.11 Å². The van der Waals surface area contributed by atoms with Crippen molar-refractivity contribution >= 4 is 17.8 Å². The van der Waals surface area contributed by atoms with Crippen LogP contribution in [0.25, 0.3) is 0 Å². The first-order valence-electron chi connectivity index (χ1n) is 6.71. The molecular weight excluding hydrogens is 267 g/mol. The van der Waals surface area contributed by atoms with Gasteiger partial charge in [-0.3, -0.25) is 9.59 Å². The Balaban J connectivity index is 2.34. The number of alkyl halides is 1. The molecule has 6 nitrogen and oxygen atoms in total. The second-order valence-corrected chi connectivity index (χ2v) is 5.55. The molecule has 1 saturated heterocycles. The fourth-order valence-corrected chi connectivity index (χ4v) is 1.95. The zero-order valence-corrected chi connectivity index (χ0v) is 11.8. The minimum atomic E-state index is -2.36. The van der Waals surface area contributed by atoms with Crippen molar-refractivity contribution in [3.05, 3.63) is 0 Å². The number of rotatable bonds is 6. The quantitative estimate of drug-likeness (QED) is 0.748. The predicted octanol–water partition coefficient (Wildman–Crippen LogP) is 0.564. The van der Waals surface area contributed by atoms with E-state index in [0.29, 0.717) is 12.3 Å². The van der Waals surface area contributed by atoms with Gasteiger partial charge in [0.25, 0.3) is 0 Å². The minimum Gasteiger partial charge on any atom is -0.479 e. The predicted molar refractivity (Wildman–Crippen MR) is 69.8 cm³/mol. The minimum absolute atomic E-state index is 0.0590. The van der Waals surface area contributed by atoms with E-state index in [9.17, 15) is 18.8 Å². The molecule has 0 bridgehead atoms. The van der Waals surface area contributed by atoms with Crippen LogP contribution in [0.1, 0.15) is 33.1 Å². The summed E-state index contributed by atoms with van der Waals surface area (Å²) in [7, 11) is 0. The number of carboxylic acid groups (broad SMARTS) is 1. The lowest BCUT2D eigenvalue weighted by molar-refractivity contribution is -0.150. The summed E-state index contributed by atoms with van der Waals surface area (Å²) in [5.41, 5.74) is -2.36. The fraction of sp³-hybridized carbons (Fsp3) is 0.769. The Morgan fingerprint density at radius 2 is 2.05 bits per heavy atom. The summed E-state index contributed by atoms with van der Waals surface area (Å²) in [6, 6.07) is 0. The molecule has 1 unspecified atom stereocenters. The molecule has 0 aliphatic carbocycles. The Morgan fingerprint density at radius 3 is 2.55 bits per heavy atom. The third-order valence-corrected chi connectivity index (χ3v) is 3.34. The molecule has 1 atom stereocenters. The van der Waals surface area contributed by atoms with Gasteiger partial charge >= 0.3 is 5.97 Å². The van der Waals surface area contributed by atoms with Crippen molar-refractivity contribution in [1.82, 2.24) is 10.2 Å². The summed E-state index contributed by atoms with van der Waals surface area (Å²) < 4.78 is 13.8. The zero-order valence-electron chi connectivity index (χ0n) is 11.8. The van der Waals surface area contributed by atoms with Crippen LogP contribution in [0, 0.1) is 5.92 Å². The number of carbonyl (C=O) groups excluding carboxylic acids is 2. The molecule has 0 aromatic heterocycles. The molecule has 0 spiro atoms. The van der Waals surface area contributed by atoms with Gasteiger partial charge in [0.2, 0.25) is 17.5 Å². The van der Waals surface area contributed by atoms with E-state index >= 15 is 0 Å². The molecule has 1 rings (SSSR count). The first-order chi connectivity index (χ1) is 9.24. The number of hydrogen-bond donors (Lipinski definition) is 2. The maximum absolute atomic E-state index is 13.8. The van der Waals surface area contributed by atoms with E-state index < -0.39 is 24.1 Å². The summed E-state index contributed by atoms with van der Waals surface area (Å²) in [4.78, 5) is 35.1. The smallest absolute Gasteiger partial charge is 0.343 e. The molecule has 7 heteroatoms. The van der Waals surface area contributed by atoms with E-state index in [1.54, 1.807) is 0 Å². The Labute approximate surface area is 117 Å². The van der Waals surface area contributed by atoms with Gasteiger partial charge in [-0.15, -0.1) is 0 Å². The standard InChI is InChI=1S/C13H21FN2O4/c1-9(2)3-4-10(17)15-7-11(18)16-6-5-13(14,8-16)12(19)20/h9H,3-8H2,1-2H3,(H,15,17)(H,19,20). The first kappa shape index (κ1) is 16.4. The number of halogens is 1. The van der Waals surface area contributed by atoms with Crippen molar-refractivity contribution in [1.29, 1.82) is 0 Å². The molecule has 114 valence electrons. The number of amides is 2. The average molecular weight is 288 g/mol. The second-order valence-electron chi connectivity index (χ2n) is 5.55. The molecule has 2 N–H and O–H groups in total. The highest BCUT2D eigenvalue weighted by molar-refractivity contribution is 5.86. The summed E-state index contributed by atoms with van der Waals surface area (Å²) in [5, 5.41) is 11.2. The Hall–Kier alpha value is -1.66. The lowest BCUT2D eigenvalue weighted by atomic mass is 10.1. The highest BCUT2D eigenvalue weighted by Gasteiger charge is 2.46. The van der Waals surface area contributed by atoms with Crippen molar-refractivity contribution in [3.63, 3.8) is 0 Å². The van der Waals surface area contributed by atoms with E-state index in [0.717, 1.165) is 11.3 Å². The Bertz CT molecular complexity index is 400. The van der Waals surface area contributed by atoms with Gasteiger partial charge < -0.3 is 15.3 Å². The van der Waals surface area contributed by atoms with Crippen molar-refractivity contribution in [3.8, 4) is 0 Å². The molecule has 0 aromatic rings. The number of nitrogens with one attached hydrogen (secondary N) is 1. The maximum atomic E-state index is 13.8.